The Morgan fingerprint density at radius 1 is 1.17 bits per heavy atom. The maximum atomic E-state index is 12.7. The second-order valence-electron chi connectivity index (χ2n) is 8.74. The molecule has 29 heavy (non-hydrogen) atoms. The highest BCUT2D eigenvalue weighted by Gasteiger charge is 2.40. The molecule has 5 nitrogen and oxygen atoms in total. The predicted molar refractivity (Wildman–Crippen MR) is 116 cm³/mol. The van der Waals surface area contributed by atoms with Gasteiger partial charge in [-0.05, 0) is 44.1 Å². The van der Waals surface area contributed by atoms with Crippen molar-refractivity contribution in [1.29, 1.82) is 0 Å². The Kier molecular flexibility index (Phi) is 8.10. The molecule has 162 valence electrons. The Hall–Kier alpha value is -1.43. The molecule has 1 aliphatic heterocycles. The molecular weight excluding hydrogens is 364 g/mol. The van der Waals surface area contributed by atoms with E-state index in [1.165, 1.54) is 5.56 Å². The number of carbonyl (C=O) groups excluding carboxylic acids is 1. The maximum Gasteiger partial charge on any atom is 0.223 e. The van der Waals surface area contributed by atoms with E-state index in [4.69, 9.17) is 4.74 Å². The van der Waals surface area contributed by atoms with Crippen molar-refractivity contribution in [3.8, 4) is 0 Å². The number of carbonyl (C=O) groups is 1. The van der Waals surface area contributed by atoms with Crippen LogP contribution in [0.2, 0.25) is 0 Å². The number of aliphatic hydroxyl groups is 1. The van der Waals surface area contributed by atoms with Crippen LogP contribution in [0.25, 0.3) is 0 Å². The molecule has 1 saturated heterocycles. The smallest absolute Gasteiger partial charge is 0.223 e. The van der Waals surface area contributed by atoms with Gasteiger partial charge in [-0.3, -0.25) is 9.69 Å². The number of nitrogens with zero attached hydrogens (tertiary/aromatic N) is 1. The van der Waals surface area contributed by atoms with Crippen LogP contribution in [0.3, 0.4) is 0 Å². The van der Waals surface area contributed by atoms with Gasteiger partial charge in [0.05, 0.1) is 19.3 Å². The van der Waals surface area contributed by atoms with E-state index in [9.17, 15) is 9.90 Å². The normalized spacial score (nSPS) is 28.8. The molecule has 0 unspecified atom stereocenters. The SMILES string of the molecule is CCC(CC)C(=O)NC[C@]1(c2ccccc2)CC[C@H](O)[C@@H](N2CCOCC2)CC1. The third-order valence-electron chi connectivity index (χ3n) is 7.14. The van der Waals surface area contributed by atoms with E-state index in [0.717, 1.165) is 64.8 Å². The third-order valence-corrected chi connectivity index (χ3v) is 7.14. The van der Waals surface area contributed by atoms with Crippen LogP contribution in [-0.4, -0.2) is 60.9 Å². The summed E-state index contributed by atoms with van der Waals surface area (Å²) in [5.74, 6) is 0.250. The summed E-state index contributed by atoms with van der Waals surface area (Å²) in [6.45, 7) is 8.09. The van der Waals surface area contributed by atoms with Gasteiger partial charge in [0.1, 0.15) is 0 Å². The van der Waals surface area contributed by atoms with Crippen LogP contribution >= 0.6 is 0 Å². The zero-order valence-electron chi connectivity index (χ0n) is 18.1. The molecule has 1 aliphatic carbocycles. The van der Waals surface area contributed by atoms with Gasteiger partial charge in [-0.1, -0.05) is 44.2 Å². The molecule has 1 amide bonds. The van der Waals surface area contributed by atoms with Crippen LogP contribution in [-0.2, 0) is 14.9 Å². The molecule has 5 heteroatoms. The van der Waals surface area contributed by atoms with Gasteiger partial charge in [-0.2, -0.15) is 0 Å². The van der Waals surface area contributed by atoms with Gasteiger partial charge in [0.2, 0.25) is 5.91 Å². The van der Waals surface area contributed by atoms with Crippen LogP contribution in [0.5, 0.6) is 0 Å². The van der Waals surface area contributed by atoms with E-state index in [1.54, 1.807) is 0 Å². The number of amides is 1. The molecule has 3 rings (SSSR count). The van der Waals surface area contributed by atoms with Crippen molar-refractivity contribution >= 4 is 5.91 Å². The number of ether oxygens (including phenoxy) is 1. The third kappa shape index (κ3) is 5.39. The van der Waals surface area contributed by atoms with E-state index in [0.29, 0.717) is 6.54 Å². The number of benzene rings is 1. The van der Waals surface area contributed by atoms with Crippen LogP contribution in [0.1, 0.15) is 57.9 Å². The Morgan fingerprint density at radius 3 is 2.48 bits per heavy atom. The molecule has 2 fully saturated rings. The summed E-state index contributed by atoms with van der Waals surface area (Å²) >= 11 is 0. The summed E-state index contributed by atoms with van der Waals surface area (Å²) in [6, 6.07) is 10.8. The topological polar surface area (TPSA) is 61.8 Å². The quantitative estimate of drug-likeness (QED) is 0.688. The van der Waals surface area contributed by atoms with Gasteiger partial charge in [0, 0.05) is 37.0 Å². The van der Waals surface area contributed by atoms with E-state index in [-0.39, 0.29) is 29.4 Å². The van der Waals surface area contributed by atoms with Crippen molar-refractivity contribution in [2.75, 3.05) is 32.8 Å². The molecule has 1 aromatic carbocycles. The van der Waals surface area contributed by atoms with Gasteiger partial charge < -0.3 is 15.2 Å². The minimum Gasteiger partial charge on any atom is -0.391 e. The molecule has 0 spiro atoms. The van der Waals surface area contributed by atoms with Crippen molar-refractivity contribution in [2.45, 2.75) is 69.9 Å². The lowest BCUT2D eigenvalue weighted by Gasteiger charge is -2.37. The highest BCUT2D eigenvalue weighted by atomic mass is 16.5. The molecule has 2 N–H and O–H groups in total. The molecule has 0 bridgehead atoms. The summed E-state index contributed by atoms with van der Waals surface area (Å²) in [7, 11) is 0. The maximum absolute atomic E-state index is 12.7. The lowest BCUT2D eigenvalue weighted by molar-refractivity contribution is -0.125. The summed E-state index contributed by atoms with van der Waals surface area (Å²) in [6.07, 6.45) is 4.99. The highest BCUT2D eigenvalue weighted by molar-refractivity contribution is 5.78. The fourth-order valence-corrected chi connectivity index (χ4v) is 5.11. The Labute approximate surface area is 175 Å². The van der Waals surface area contributed by atoms with E-state index in [1.807, 2.05) is 6.07 Å². The Balaban J connectivity index is 1.77. The first-order valence-corrected chi connectivity index (χ1v) is 11.4. The number of morpholine rings is 1. The molecule has 1 heterocycles. The second-order valence-corrected chi connectivity index (χ2v) is 8.74. The molecule has 1 aromatic rings. The van der Waals surface area contributed by atoms with Gasteiger partial charge >= 0.3 is 0 Å². The van der Waals surface area contributed by atoms with Gasteiger partial charge in [-0.25, -0.2) is 0 Å². The zero-order chi connectivity index (χ0) is 20.7. The fourth-order valence-electron chi connectivity index (χ4n) is 5.11. The molecule has 3 atom stereocenters. The van der Waals surface area contributed by atoms with E-state index >= 15 is 0 Å². The van der Waals surface area contributed by atoms with Crippen LogP contribution in [0.15, 0.2) is 30.3 Å². The van der Waals surface area contributed by atoms with Crippen molar-refractivity contribution in [2.24, 2.45) is 5.92 Å². The molecular formula is C24H38N2O3. The summed E-state index contributed by atoms with van der Waals surface area (Å²) < 4.78 is 5.51. The summed E-state index contributed by atoms with van der Waals surface area (Å²) in [4.78, 5) is 15.1. The first kappa shape index (κ1) is 22.3. The number of hydrogen-bond donors (Lipinski definition) is 2. The van der Waals surface area contributed by atoms with Gasteiger partial charge in [-0.15, -0.1) is 0 Å². The Bertz CT molecular complexity index is 628. The minimum atomic E-state index is -0.326. The predicted octanol–water partition coefficient (Wildman–Crippen LogP) is 3.11. The second kappa shape index (κ2) is 10.6. The van der Waals surface area contributed by atoms with Crippen molar-refractivity contribution < 1.29 is 14.6 Å². The average Bonchev–Trinajstić information content (AvgIpc) is 2.94. The zero-order valence-corrected chi connectivity index (χ0v) is 18.1. The van der Waals surface area contributed by atoms with Crippen molar-refractivity contribution in [3.63, 3.8) is 0 Å². The van der Waals surface area contributed by atoms with Crippen molar-refractivity contribution in [1.82, 2.24) is 10.2 Å². The van der Waals surface area contributed by atoms with E-state index in [2.05, 4.69) is 48.3 Å². The minimum absolute atomic E-state index is 0.0836. The number of nitrogens with one attached hydrogen (secondary N) is 1. The lowest BCUT2D eigenvalue weighted by atomic mass is 9.74. The van der Waals surface area contributed by atoms with Crippen LogP contribution < -0.4 is 5.32 Å². The number of hydrogen-bond acceptors (Lipinski definition) is 4. The van der Waals surface area contributed by atoms with Crippen molar-refractivity contribution in [3.05, 3.63) is 35.9 Å². The Morgan fingerprint density at radius 2 is 1.83 bits per heavy atom. The van der Waals surface area contributed by atoms with Gasteiger partial charge in [0.25, 0.3) is 0 Å². The molecule has 0 aromatic heterocycles. The number of rotatable bonds is 7. The first-order chi connectivity index (χ1) is 14.1. The largest absolute Gasteiger partial charge is 0.391 e. The summed E-state index contributed by atoms with van der Waals surface area (Å²) in [5.41, 5.74) is 1.16. The fraction of sp³-hybridized carbons (Fsp3) is 0.708. The lowest BCUT2D eigenvalue weighted by Crippen LogP contribution is -2.48. The molecule has 1 saturated carbocycles. The number of aliphatic hydroxyl groups excluding tert-OH is 1. The van der Waals surface area contributed by atoms with Crippen LogP contribution in [0.4, 0.5) is 0 Å². The monoisotopic (exact) mass is 402 g/mol. The first-order valence-electron chi connectivity index (χ1n) is 11.4. The van der Waals surface area contributed by atoms with Crippen LogP contribution in [0, 0.1) is 5.92 Å². The van der Waals surface area contributed by atoms with E-state index < -0.39 is 0 Å². The highest BCUT2D eigenvalue weighted by Crippen LogP contribution is 2.39. The summed E-state index contributed by atoms with van der Waals surface area (Å²) in [5, 5.41) is 14.2. The molecule has 0 radical (unpaired) electrons. The van der Waals surface area contributed by atoms with Gasteiger partial charge in [0.15, 0.2) is 0 Å². The average molecular weight is 403 g/mol. The standard InChI is InChI=1S/C24H38N2O3/c1-3-19(4-2)23(28)25-18-24(20-8-6-5-7-9-20)12-10-21(22(27)11-13-24)26-14-16-29-17-15-26/h5-9,19,21-22,27H,3-4,10-18H2,1-2H3,(H,25,28)/t21-,22-,24+/m0/s1. The molecule has 2 aliphatic rings.